The van der Waals surface area contributed by atoms with Crippen LogP contribution in [0.4, 0.5) is 0 Å². The summed E-state index contributed by atoms with van der Waals surface area (Å²) in [6.07, 6.45) is 11.2. The number of rotatable bonds is 7. The van der Waals surface area contributed by atoms with Crippen molar-refractivity contribution in [1.82, 2.24) is 14.1 Å². The van der Waals surface area contributed by atoms with Crippen LogP contribution in [-0.2, 0) is 0 Å². The summed E-state index contributed by atoms with van der Waals surface area (Å²) in [7, 11) is 0. The Balaban J connectivity index is 1.81. The van der Waals surface area contributed by atoms with E-state index in [-0.39, 0.29) is 6.04 Å². The van der Waals surface area contributed by atoms with E-state index in [0.29, 0.717) is 0 Å². The Morgan fingerprint density at radius 1 is 1.39 bits per heavy atom. The van der Waals surface area contributed by atoms with Crippen molar-refractivity contribution in [3.05, 3.63) is 18.0 Å². The van der Waals surface area contributed by atoms with E-state index in [2.05, 4.69) is 27.1 Å². The summed E-state index contributed by atoms with van der Waals surface area (Å²) in [6, 6.07) is 0.263. The van der Waals surface area contributed by atoms with E-state index in [0.717, 1.165) is 37.4 Å². The molecule has 2 heterocycles. The monoisotopic (exact) mass is 267 g/mol. The molecule has 4 nitrogen and oxygen atoms in total. The largest absolute Gasteiger partial charge is 0.476 e. The average Bonchev–Trinajstić information content (AvgIpc) is 2.88. The lowest BCUT2D eigenvalue weighted by Crippen LogP contribution is -2.19. The molecule has 0 amide bonds. The molecule has 1 N–H and O–H groups in total. The zero-order chi connectivity index (χ0) is 12.6. The van der Waals surface area contributed by atoms with Crippen LogP contribution in [0.1, 0.15) is 57.2 Å². The molecule has 100 valence electrons. The fourth-order valence-electron chi connectivity index (χ4n) is 2.03. The van der Waals surface area contributed by atoms with Crippen LogP contribution in [0.3, 0.4) is 0 Å². The van der Waals surface area contributed by atoms with Gasteiger partial charge in [0.15, 0.2) is 0 Å². The molecule has 5 heteroatoms. The SMILES string of the molecule is CCCCCCOc1nsnc1C1CCC=CN1. The van der Waals surface area contributed by atoms with E-state index in [4.69, 9.17) is 4.74 Å². The van der Waals surface area contributed by atoms with Crippen LogP contribution >= 0.6 is 11.7 Å². The minimum Gasteiger partial charge on any atom is -0.476 e. The van der Waals surface area contributed by atoms with Crippen molar-refractivity contribution >= 4 is 11.7 Å². The third-order valence-electron chi connectivity index (χ3n) is 3.09. The van der Waals surface area contributed by atoms with Gasteiger partial charge < -0.3 is 10.1 Å². The molecule has 0 aromatic carbocycles. The third kappa shape index (κ3) is 3.70. The normalized spacial score (nSPS) is 18.6. The summed E-state index contributed by atoms with van der Waals surface area (Å²) in [6.45, 7) is 2.96. The molecule has 1 unspecified atom stereocenters. The molecule has 1 atom stereocenters. The molecule has 0 radical (unpaired) electrons. The lowest BCUT2D eigenvalue weighted by Gasteiger charge is -2.18. The topological polar surface area (TPSA) is 47.0 Å². The summed E-state index contributed by atoms with van der Waals surface area (Å²) in [5.74, 6) is 0.726. The lowest BCUT2D eigenvalue weighted by atomic mass is 10.1. The molecule has 0 bridgehead atoms. The van der Waals surface area contributed by atoms with Crippen molar-refractivity contribution in [2.24, 2.45) is 0 Å². The summed E-state index contributed by atoms with van der Waals surface area (Å²) in [5.41, 5.74) is 0.972. The average molecular weight is 267 g/mol. The molecule has 0 aliphatic carbocycles. The van der Waals surface area contributed by atoms with Crippen molar-refractivity contribution in [2.75, 3.05) is 6.61 Å². The van der Waals surface area contributed by atoms with E-state index >= 15 is 0 Å². The van der Waals surface area contributed by atoms with Crippen LogP contribution in [0.15, 0.2) is 12.3 Å². The predicted octanol–water partition coefficient (Wildman–Crippen LogP) is 3.44. The van der Waals surface area contributed by atoms with Crippen LogP contribution in [-0.4, -0.2) is 15.4 Å². The highest BCUT2D eigenvalue weighted by molar-refractivity contribution is 6.99. The lowest BCUT2D eigenvalue weighted by molar-refractivity contribution is 0.289. The van der Waals surface area contributed by atoms with Gasteiger partial charge in [-0.2, -0.15) is 4.37 Å². The van der Waals surface area contributed by atoms with Gasteiger partial charge >= 0.3 is 0 Å². The van der Waals surface area contributed by atoms with Gasteiger partial charge in [0, 0.05) is 0 Å². The molecule has 0 saturated heterocycles. The molecule has 1 aliphatic rings. The number of hydrogen-bond acceptors (Lipinski definition) is 5. The molecule has 1 aliphatic heterocycles. The van der Waals surface area contributed by atoms with Gasteiger partial charge in [-0.3, -0.25) is 0 Å². The van der Waals surface area contributed by atoms with Gasteiger partial charge in [-0.25, -0.2) is 0 Å². The van der Waals surface area contributed by atoms with E-state index < -0.39 is 0 Å². The second-order valence-electron chi connectivity index (χ2n) is 4.56. The zero-order valence-corrected chi connectivity index (χ0v) is 11.7. The maximum atomic E-state index is 5.75. The Morgan fingerprint density at radius 2 is 2.33 bits per heavy atom. The van der Waals surface area contributed by atoms with Crippen molar-refractivity contribution in [3.8, 4) is 5.88 Å². The molecular formula is C13H21N3OS. The highest BCUT2D eigenvalue weighted by atomic mass is 32.1. The van der Waals surface area contributed by atoms with Gasteiger partial charge in [0.05, 0.1) is 24.4 Å². The number of allylic oxidation sites excluding steroid dienone is 1. The Bertz CT molecular complexity index is 378. The number of hydrogen-bond donors (Lipinski definition) is 1. The Kier molecular flexibility index (Phi) is 5.45. The molecule has 0 fully saturated rings. The van der Waals surface area contributed by atoms with Crippen molar-refractivity contribution in [3.63, 3.8) is 0 Å². The summed E-state index contributed by atoms with van der Waals surface area (Å²) >= 11 is 1.24. The standard InChI is InChI=1S/C13H21N3OS/c1-2-3-4-7-10-17-13-12(15-18-16-13)11-8-5-6-9-14-11/h6,9,11,14H,2-5,7-8,10H2,1H3. The minimum absolute atomic E-state index is 0.263. The maximum Gasteiger partial charge on any atom is 0.251 e. The summed E-state index contributed by atoms with van der Waals surface area (Å²) in [5, 5.41) is 3.32. The smallest absolute Gasteiger partial charge is 0.251 e. The van der Waals surface area contributed by atoms with Gasteiger partial charge in [-0.15, -0.1) is 4.37 Å². The zero-order valence-electron chi connectivity index (χ0n) is 10.9. The van der Waals surface area contributed by atoms with Crippen LogP contribution in [0.2, 0.25) is 0 Å². The van der Waals surface area contributed by atoms with Crippen LogP contribution in [0, 0.1) is 0 Å². The van der Waals surface area contributed by atoms with Gasteiger partial charge in [-0.1, -0.05) is 32.3 Å². The molecule has 1 aromatic heterocycles. The van der Waals surface area contributed by atoms with Crippen molar-refractivity contribution < 1.29 is 4.74 Å². The van der Waals surface area contributed by atoms with Crippen molar-refractivity contribution in [2.45, 2.75) is 51.5 Å². The Hall–Kier alpha value is -1.10. The minimum atomic E-state index is 0.263. The molecule has 0 saturated carbocycles. The third-order valence-corrected chi connectivity index (χ3v) is 3.61. The number of unbranched alkanes of at least 4 members (excludes halogenated alkanes) is 3. The Morgan fingerprint density at radius 3 is 3.11 bits per heavy atom. The van der Waals surface area contributed by atoms with Gasteiger partial charge in [0.1, 0.15) is 5.69 Å². The first-order valence-electron chi connectivity index (χ1n) is 6.78. The number of ether oxygens (including phenoxy) is 1. The van der Waals surface area contributed by atoms with Gasteiger partial charge in [0.2, 0.25) is 0 Å². The first-order valence-corrected chi connectivity index (χ1v) is 7.51. The summed E-state index contributed by atoms with van der Waals surface area (Å²) in [4.78, 5) is 0. The second-order valence-corrected chi connectivity index (χ2v) is 5.09. The van der Waals surface area contributed by atoms with Crippen LogP contribution in [0.25, 0.3) is 0 Å². The van der Waals surface area contributed by atoms with Crippen LogP contribution in [0.5, 0.6) is 5.88 Å². The fraction of sp³-hybridized carbons (Fsp3) is 0.692. The second kappa shape index (κ2) is 7.36. The molecule has 1 aromatic rings. The van der Waals surface area contributed by atoms with E-state index in [1.807, 2.05) is 6.20 Å². The highest BCUT2D eigenvalue weighted by Crippen LogP contribution is 2.28. The first kappa shape index (κ1) is 13.3. The molecular weight excluding hydrogens is 246 g/mol. The summed E-state index contributed by atoms with van der Waals surface area (Å²) < 4.78 is 14.4. The van der Waals surface area contributed by atoms with E-state index in [9.17, 15) is 0 Å². The predicted molar refractivity (Wildman–Crippen MR) is 73.8 cm³/mol. The van der Waals surface area contributed by atoms with Crippen LogP contribution < -0.4 is 10.1 Å². The van der Waals surface area contributed by atoms with Gasteiger partial charge in [-0.05, 0) is 25.5 Å². The van der Waals surface area contributed by atoms with Gasteiger partial charge in [0.25, 0.3) is 5.88 Å². The van der Waals surface area contributed by atoms with E-state index in [1.165, 1.54) is 31.0 Å². The first-order chi connectivity index (χ1) is 8.92. The number of aromatic nitrogens is 2. The van der Waals surface area contributed by atoms with E-state index in [1.54, 1.807) is 0 Å². The fourth-order valence-corrected chi connectivity index (χ4v) is 2.58. The highest BCUT2D eigenvalue weighted by Gasteiger charge is 2.20. The maximum absolute atomic E-state index is 5.75. The molecule has 18 heavy (non-hydrogen) atoms. The molecule has 2 rings (SSSR count). The molecule has 0 spiro atoms. The Labute approximate surface area is 113 Å². The number of nitrogens with one attached hydrogen (secondary N) is 1. The van der Waals surface area contributed by atoms with Crippen molar-refractivity contribution in [1.29, 1.82) is 0 Å². The quantitative estimate of drug-likeness (QED) is 0.769. The number of nitrogens with zero attached hydrogens (tertiary/aromatic N) is 2.